The van der Waals surface area contributed by atoms with E-state index in [9.17, 15) is 14.4 Å². The number of nitrogens with zero attached hydrogens (tertiary/aromatic N) is 2. The first-order chi connectivity index (χ1) is 13.7. The third-order valence-corrected chi connectivity index (χ3v) is 6.05. The van der Waals surface area contributed by atoms with E-state index < -0.39 is 11.6 Å². The van der Waals surface area contributed by atoms with Gasteiger partial charge in [-0.1, -0.05) is 40.5 Å². The number of anilines is 1. The fourth-order valence-corrected chi connectivity index (χ4v) is 3.87. The first-order valence-corrected chi connectivity index (χ1v) is 10.5. The number of amides is 3. The third-order valence-electron chi connectivity index (χ3n) is 5.52. The Morgan fingerprint density at radius 3 is 2.41 bits per heavy atom. The molecule has 0 bridgehead atoms. The summed E-state index contributed by atoms with van der Waals surface area (Å²) in [4.78, 5) is 42.3. The lowest BCUT2D eigenvalue weighted by Gasteiger charge is -2.41. The molecular formula is C23H25BrN2O3. The van der Waals surface area contributed by atoms with E-state index in [1.54, 1.807) is 35.2 Å². The fourth-order valence-electron chi connectivity index (χ4n) is 3.60. The van der Waals surface area contributed by atoms with Crippen LogP contribution in [0.4, 0.5) is 5.69 Å². The van der Waals surface area contributed by atoms with E-state index in [1.165, 1.54) is 4.90 Å². The van der Waals surface area contributed by atoms with Crippen molar-refractivity contribution < 1.29 is 14.4 Å². The first-order valence-electron chi connectivity index (χ1n) is 9.68. The van der Waals surface area contributed by atoms with Crippen molar-refractivity contribution in [2.24, 2.45) is 0 Å². The minimum atomic E-state index is -0.825. The lowest BCUT2D eigenvalue weighted by atomic mass is 9.94. The molecule has 0 aliphatic carbocycles. The van der Waals surface area contributed by atoms with Crippen LogP contribution in [0.3, 0.4) is 0 Å². The maximum Gasteiger partial charge on any atom is 0.257 e. The van der Waals surface area contributed by atoms with Crippen molar-refractivity contribution in [2.75, 3.05) is 4.90 Å². The van der Waals surface area contributed by atoms with Crippen molar-refractivity contribution in [3.63, 3.8) is 0 Å². The van der Waals surface area contributed by atoms with E-state index in [1.807, 2.05) is 45.9 Å². The predicted octanol–water partition coefficient (Wildman–Crippen LogP) is 4.72. The Bertz CT molecular complexity index is 953. The van der Waals surface area contributed by atoms with Crippen molar-refractivity contribution in [1.82, 2.24) is 4.90 Å². The van der Waals surface area contributed by atoms with Crippen molar-refractivity contribution >= 4 is 39.3 Å². The zero-order valence-electron chi connectivity index (χ0n) is 17.1. The predicted molar refractivity (Wildman–Crippen MR) is 117 cm³/mol. The minimum Gasteiger partial charge on any atom is -0.321 e. The lowest BCUT2D eigenvalue weighted by molar-refractivity contribution is -0.123. The number of rotatable bonds is 5. The van der Waals surface area contributed by atoms with Crippen LogP contribution < -0.4 is 4.90 Å². The molecule has 1 heterocycles. The van der Waals surface area contributed by atoms with Crippen molar-refractivity contribution in [1.29, 1.82) is 0 Å². The number of carbonyl (C=O) groups is 3. The van der Waals surface area contributed by atoms with Gasteiger partial charge in [-0.25, -0.2) is 4.90 Å². The second-order valence-electron chi connectivity index (χ2n) is 7.97. The van der Waals surface area contributed by atoms with Crippen LogP contribution >= 0.6 is 15.9 Å². The molecule has 3 amide bonds. The summed E-state index contributed by atoms with van der Waals surface area (Å²) in [5.74, 6) is -0.888. The van der Waals surface area contributed by atoms with E-state index in [2.05, 4.69) is 15.9 Å². The molecule has 1 unspecified atom stereocenters. The summed E-state index contributed by atoms with van der Waals surface area (Å²) in [6, 6.07) is 13.5. The van der Waals surface area contributed by atoms with E-state index in [-0.39, 0.29) is 24.1 Å². The Hall–Kier alpha value is -2.47. The Kier molecular flexibility index (Phi) is 5.94. The van der Waals surface area contributed by atoms with Crippen LogP contribution in [0.25, 0.3) is 0 Å². The molecule has 3 rings (SSSR count). The highest BCUT2D eigenvalue weighted by molar-refractivity contribution is 9.10. The van der Waals surface area contributed by atoms with E-state index in [0.717, 1.165) is 10.0 Å². The van der Waals surface area contributed by atoms with Crippen LogP contribution in [0, 0.1) is 6.92 Å². The highest BCUT2D eigenvalue weighted by atomic mass is 79.9. The van der Waals surface area contributed by atoms with E-state index in [0.29, 0.717) is 17.7 Å². The van der Waals surface area contributed by atoms with Crippen LogP contribution in [0.1, 0.15) is 49.5 Å². The average Bonchev–Trinajstić information content (AvgIpc) is 2.96. The summed E-state index contributed by atoms with van der Waals surface area (Å²) in [5.41, 5.74) is 1.42. The van der Waals surface area contributed by atoms with Crippen LogP contribution in [0.2, 0.25) is 0 Å². The summed E-state index contributed by atoms with van der Waals surface area (Å²) < 4.78 is 0.861. The van der Waals surface area contributed by atoms with Crippen molar-refractivity contribution in [3.05, 3.63) is 64.1 Å². The van der Waals surface area contributed by atoms with Crippen LogP contribution in [-0.2, 0) is 9.59 Å². The normalized spacial score (nSPS) is 17.0. The molecule has 6 heteroatoms. The summed E-state index contributed by atoms with van der Waals surface area (Å²) >= 11 is 3.36. The molecule has 0 aromatic heterocycles. The van der Waals surface area contributed by atoms with Crippen LogP contribution in [0.5, 0.6) is 0 Å². The third kappa shape index (κ3) is 4.13. The zero-order valence-corrected chi connectivity index (χ0v) is 18.7. The van der Waals surface area contributed by atoms with Gasteiger partial charge in [0.2, 0.25) is 5.91 Å². The minimum absolute atomic E-state index is 0.0180. The maximum absolute atomic E-state index is 13.5. The molecule has 2 aromatic rings. The van der Waals surface area contributed by atoms with Gasteiger partial charge < -0.3 is 4.90 Å². The molecule has 0 radical (unpaired) electrons. The van der Waals surface area contributed by atoms with Gasteiger partial charge in [0.15, 0.2) is 0 Å². The molecule has 0 saturated carbocycles. The molecule has 0 spiro atoms. The van der Waals surface area contributed by atoms with Gasteiger partial charge >= 0.3 is 0 Å². The van der Waals surface area contributed by atoms with Crippen LogP contribution in [-0.4, -0.2) is 34.2 Å². The highest BCUT2D eigenvalue weighted by Crippen LogP contribution is 2.33. The van der Waals surface area contributed by atoms with Gasteiger partial charge in [0, 0.05) is 15.6 Å². The number of aryl methyl sites for hydroxylation is 1. The second kappa shape index (κ2) is 8.11. The topological polar surface area (TPSA) is 57.7 Å². The Balaban J connectivity index is 2.00. The quantitative estimate of drug-likeness (QED) is 0.611. The summed E-state index contributed by atoms with van der Waals surface area (Å²) in [5, 5.41) is 0. The first kappa shape index (κ1) is 21.2. The van der Waals surface area contributed by atoms with Gasteiger partial charge in [0.1, 0.15) is 6.04 Å². The van der Waals surface area contributed by atoms with Gasteiger partial charge in [-0.15, -0.1) is 0 Å². The summed E-state index contributed by atoms with van der Waals surface area (Å²) in [6.07, 6.45) is 0.636. The van der Waals surface area contributed by atoms with E-state index >= 15 is 0 Å². The fraction of sp³-hybridized carbons (Fsp3) is 0.348. The molecule has 29 heavy (non-hydrogen) atoms. The number of benzene rings is 2. The molecule has 152 valence electrons. The number of halogens is 1. The van der Waals surface area contributed by atoms with Gasteiger partial charge in [0.05, 0.1) is 12.1 Å². The second-order valence-corrected chi connectivity index (χ2v) is 8.89. The maximum atomic E-state index is 13.5. The number of hydrogen-bond donors (Lipinski definition) is 0. The zero-order chi connectivity index (χ0) is 21.3. The summed E-state index contributed by atoms with van der Waals surface area (Å²) in [6.45, 7) is 7.76. The largest absolute Gasteiger partial charge is 0.321 e. The Morgan fingerprint density at radius 1 is 1.17 bits per heavy atom. The van der Waals surface area contributed by atoms with E-state index in [4.69, 9.17) is 0 Å². The SMILES string of the molecule is CCC(C)(C)N(C(=O)c1cccc(C)c1)C1CC(=O)N(c2ccc(Br)cc2)C1=O. The summed E-state index contributed by atoms with van der Waals surface area (Å²) in [7, 11) is 0. The molecule has 2 aromatic carbocycles. The Morgan fingerprint density at radius 2 is 1.83 bits per heavy atom. The number of carbonyl (C=O) groups excluding carboxylic acids is 3. The molecule has 1 atom stereocenters. The molecular weight excluding hydrogens is 432 g/mol. The molecule has 1 aliphatic rings. The molecule has 1 aliphatic heterocycles. The number of imide groups is 1. The molecule has 1 fully saturated rings. The van der Waals surface area contributed by atoms with Gasteiger partial charge in [0.25, 0.3) is 11.8 Å². The van der Waals surface area contributed by atoms with Crippen LogP contribution in [0.15, 0.2) is 53.0 Å². The van der Waals surface area contributed by atoms with Gasteiger partial charge in [-0.2, -0.15) is 0 Å². The Labute approximate surface area is 179 Å². The van der Waals surface area contributed by atoms with Crippen molar-refractivity contribution in [3.8, 4) is 0 Å². The van der Waals surface area contributed by atoms with Crippen molar-refractivity contribution in [2.45, 2.75) is 52.1 Å². The smallest absolute Gasteiger partial charge is 0.257 e. The lowest BCUT2D eigenvalue weighted by Crippen LogP contribution is -2.55. The molecule has 5 nitrogen and oxygen atoms in total. The van der Waals surface area contributed by atoms with Gasteiger partial charge in [-0.3, -0.25) is 14.4 Å². The standard InChI is InChI=1S/C23H25BrN2O3/c1-5-23(3,4)26(21(28)16-8-6-7-15(2)13-16)19-14-20(27)25(22(19)29)18-11-9-17(24)10-12-18/h6-13,19H,5,14H2,1-4H3. The molecule has 1 saturated heterocycles. The van der Waals surface area contributed by atoms with Gasteiger partial charge in [-0.05, 0) is 63.6 Å². The average molecular weight is 457 g/mol. The monoisotopic (exact) mass is 456 g/mol. The molecule has 0 N–H and O–H groups in total. The number of hydrogen-bond acceptors (Lipinski definition) is 3. The highest BCUT2D eigenvalue weighted by Gasteiger charge is 2.48.